The van der Waals surface area contributed by atoms with Gasteiger partial charge in [-0.15, -0.1) is 0 Å². The summed E-state index contributed by atoms with van der Waals surface area (Å²) in [7, 11) is 1.62. The SMILES string of the molecule is COc1ccc(Nc2cc(C)nc(NCCNC(=O)Nc3ccc(C)c(F)c3)n2)cc1. The van der Waals surface area contributed by atoms with Crippen molar-refractivity contribution in [1.29, 1.82) is 0 Å². The molecule has 2 amide bonds. The van der Waals surface area contributed by atoms with E-state index in [2.05, 4.69) is 31.2 Å². The number of aromatic nitrogens is 2. The van der Waals surface area contributed by atoms with Crippen LogP contribution in [0.2, 0.25) is 0 Å². The Hall–Kier alpha value is -3.88. The fraction of sp³-hybridized carbons (Fsp3) is 0.227. The average Bonchev–Trinajstić information content (AvgIpc) is 2.74. The number of benzene rings is 2. The maximum atomic E-state index is 13.6. The summed E-state index contributed by atoms with van der Waals surface area (Å²) in [5, 5.41) is 11.6. The summed E-state index contributed by atoms with van der Waals surface area (Å²) >= 11 is 0. The summed E-state index contributed by atoms with van der Waals surface area (Å²) in [5.41, 5.74) is 2.58. The molecule has 0 aliphatic rings. The third-order valence-corrected chi connectivity index (χ3v) is 4.34. The smallest absolute Gasteiger partial charge is 0.319 e. The lowest BCUT2D eigenvalue weighted by molar-refractivity contribution is 0.252. The molecule has 4 N–H and O–H groups in total. The first-order valence-electron chi connectivity index (χ1n) is 9.74. The van der Waals surface area contributed by atoms with Gasteiger partial charge < -0.3 is 26.0 Å². The van der Waals surface area contributed by atoms with Crippen LogP contribution in [-0.2, 0) is 0 Å². The Morgan fingerprint density at radius 3 is 2.45 bits per heavy atom. The lowest BCUT2D eigenvalue weighted by atomic mass is 10.2. The maximum absolute atomic E-state index is 13.6. The highest BCUT2D eigenvalue weighted by Gasteiger charge is 2.06. The van der Waals surface area contributed by atoms with E-state index in [4.69, 9.17) is 4.74 Å². The van der Waals surface area contributed by atoms with Gasteiger partial charge in [-0.05, 0) is 55.8 Å². The fourth-order valence-corrected chi connectivity index (χ4v) is 2.73. The molecule has 2 aromatic carbocycles. The summed E-state index contributed by atoms with van der Waals surface area (Å²) in [6, 6.07) is 13.5. The number of carbonyl (C=O) groups excluding carboxylic acids is 1. The number of nitrogens with one attached hydrogen (secondary N) is 4. The van der Waals surface area contributed by atoms with E-state index >= 15 is 0 Å². The lowest BCUT2D eigenvalue weighted by Crippen LogP contribution is -2.32. The molecule has 0 saturated carbocycles. The zero-order chi connectivity index (χ0) is 22.2. The highest BCUT2D eigenvalue weighted by molar-refractivity contribution is 5.89. The second-order valence-corrected chi connectivity index (χ2v) is 6.84. The topological polar surface area (TPSA) is 100 Å². The molecule has 0 radical (unpaired) electrons. The average molecular weight is 424 g/mol. The van der Waals surface area contributed by atoms with Crippen molar-refractivity contribution in [2.45, 2.75) is 13.8 Å². The van der Waals surface area contributed by atoms with E-state index in [0.717, 1.165) is 17.1 Å². The predicted molar refractivity (Wildman–Crippen MR) is 120 cm³/mol. The number of hydrogen-bond acceptors (Lipinski definition) is 6. The Kier molecular flexibility index (Phi) is 7.21. The molecule has 0 aliphatic heterocycles. The van der Waals surface area contributed by atoms with E-state index in [0.29, 0.717) is 36.1 Å². The van der Waals surface area contributed by atoms with Gasteiger partial charge >= 0.3 is 6.03 Å². The molecule has 0 unspecified atom stereocenters. The number of urea groups is 1. The minimum Gasteiger partial charge on any atom is -0.497 e. The van der Waals surface area contributed by atoms with E-state index < -0.39 is 6.03 Å². The van der Waals surface area contributed by atoms with Crippen molar-refractivity contribution in [1.82, 2.24) is 15.3 Å². The van der Waals surface area contributed by atoms with E-state index in [9.17, 15) is 9.18 Å². The number of rotatable bonds is 8. The van der Waals surface area contributed by atoms with Crippen LogP contribution in [0.3, 0.4) is 0 Å². The first kappa shape index (κ1) is 21.8. The van der Waals surface area contributed by atoms with Gasteiger partial charge in [0.15, 0.2) is 0 Å². The van der Waals surface area contributed by atoms with Crippen LogP contribution in [0.1, 0.15) is 11.3 Å². The minimum atomic E-state index is -0.419. The van der Waals surface area contributed by atoms with Gasteiger partial charge in [0.2, 0.25) is 5.95 Å². The van der Waals surface area contributed by atoms with Crippen LogP contribution < -0.4 is 26.0 Å². The Morgan fingerprint density at radius 1 is 1.00 bits per heavy atom. The van der Waals surface area contributed by atoms with E-state index in [1.165, 1.54) is 6.07 Å². The van der Waals surface area contributed by atoms with Crippen LogP contribution in [0.4, 0.5) is 32.3 Å². The normalized spacial score (nSPS) is 10.3. The van der Waals surface area contributed by atoms with Crippen molar-refractivity contribution < 1.29 is 13.9 Å². The molecule has 0 spiro atoms. The van der Waals surface area contributed by atoms with Crippen molar-refractivity contribution in [3.8, 4) is 5.75 Å². The number of methoxy groups -OCH3 is 1. The van der Waals surface area contributed by atoms with Gasteiger partial charge in [-0.3, -0.25) is 0 Å². The number of nitrogens with zero attached hydrogens (tertiary/aromatic N) is 2. The number of halogens is 1. The third-order valence-electron chi connectivity index (χ3n) is 4.34. The van der Waals surface area contributed by atoms with E-state index in [-0.39, 0.29) is 5.82 Å². The van der Waals surface area contributed by atoms with Crippen LogP contribution in [-0.4, -0.2) is 36.2 Å². The van der Waals surface area contributed by atoms with Gasteiger partial charge in [0.25, 0.3) is 0 Å². The van der Waals surface area contributed by atoms with E-state index in [1.807, 2.05) is 37.3 Å². The van der Waals surface area contributed by atoms with Crippen molar-refractivity contribution in [3.63, 3.8) is 0 Å². The molecule has 0 aliphatic carbocycles. The molecule has 0 saturated heterocycles. The first-order valence-corrected chi connectivity index (χ1v) is 9.74. The largest absolute Gasteiger partial charge is 0.497 e. The van der Waals surface area contributed by atoms with Gasteiger partial charge in [0.1, 0.15) is 17.4 Å². The lowest BCUT2D eigenvalue weighted by Gasteiger charge is -2.11. The molecule has 0 fully saturated rings. The van der Waals surface area contributed by atoms with Gasteiger partial charge in [-0.25, -0.2) is 14.2 Å². The monoisotopic (exact) mass is 424 g/mol. The number of amides is 2. The standard InChI is InChI=1S/C22H25FN6O2/c1-14-4-5-17(13-19(14)23)28-22(30)25-11-10-24-21-26-15(2)12-20(29-21)27-16-6-8-18(31-3)9-7-16/h4-9,12-13H,10-11H2,1-3H3,(H2,25,28,30)(H2,24,26,27,29). The van der Waals surface area contributed by atoms with Crippen molar-refractivity contribution >= 4 is 29.2 Å². The van der Waals surface area contributed by atoms with Crippen LogP contribution >= 0.6 is 0 Å². The second kappa shape index (κ2) is 10.2. The minimum absolute atomic E-state index is 0.332. The molecule has 0 bridgehead atoms. The summed E-state index contributed by atoms with van der Waals surface area (Å²) in [6.45, 7) is 4.29. The predicted octanol–water partition coefficient (Wildman–Crippen LogP) is 4.22. The summed E-state index contributed by atoms with van der Waals surface area (Å²) in [4.78, 5) is 20.7. The summed E-state index contributed by atoms with van der Waals surface area (Å²) in [5.74, 6) is 1.50. The van der Waals surface area contributed by atoms with Crippen molar-refractivity contribution in [2.75, 3.05) is 36.1 Å². The highest BCUT2D eigenvalue weighted by Crippen LogP contribution is 2.20. The van der Waals surface area contributed by atoms with Crippen molar-refractivity contribution in [3.05, 3.63) is 65.6 Å². The zero-order valence-electron chi connectivity index (χ0n) is 17.6. The van der Waals surface area contributed by atoms with Gasteiger partial charge in [0.05, 0.1) is 7.11 Å². The van der Waals surface area contributed by atoms with Crippen LogP contribution in [0, 0.1) is 19.7 Å². The van der Waals surface area contributed by atoms with Gasteiger partial charge in [0, 0.05) is 36.2 Å². The van der Waals surface area contributed by atoms with Crippen molar-refractivity contribution in [2.24, 2.45) is 0 Å². The second-order valence-electron chi connectivity index (χ2n) is 6.84. The Balaban J connectivity index is 1.48. The quantitative estimate of drug-likeness (QED) is 0.404. The third kappa shape index (κ3) is 6.56. The molecular formula is C22H25FN6O2. The maximum Gasteiger partial charge on any atom is 0.319 e. The Morgan fingerprint density at radius 2 is 1.74 bits per heavy atom. The number of aryl methyl sites for hydroxylation is 2. The van der Waals surface area contributed by atoms with Crippen LogP contribution in [0.25, 0.3) is 0 Å². The molecule has 8 nitrogen and oxygen atoms in total. The molecule has 1 aromatic heterocycles. The molecule has 3 rings (SSSR count). The van der Waals surface area contributed by atoms with Crippen LogP contribution in [0.15, 0.2) is 48.5 Å². The summed E-state index contributed by atoms with van der Waals surface area (Å²) in [6.07, 6.45) is 0. The summed E-state index contributed by atoms with van der Waals surface area (Å²) < 4.78 is 18.7. The number of ether oxygens (including phenoxy) is 1. The first-order chi connectivity index (χ1) is 14.9. The Labute approximate surface area is 180 Å². The molecule has 162 valence electrons. The van der Waals surface area contributed by atoms with Gasteiger partial charge in [-0.1, -0.05) is 6.07 Å². The molecule has 3 aromatic rings. The highest BCUT2D eigenvalue weighted by atomic mass is 19.1. The molecule has 31 heavy (non-hydrogen) atoms. The van der Waals surface area contributed by atoms with E-state index in [1.54, 1.807) is 26.2 Å². The number of hydrogen-bond donors (Lipinski definition) is 4. The molecule has 9 heteroatoms. The molecule has 1 heterocycles. The number of anilines is 4. The molecule has 0 atom stereocenters. The zero-order valence-corrected chi connectivity index (χ0v) is 17.6. The molecular weight excluding hydrogens is 399 g/mol. The number of carbonyl (C=O) groups is 1. The fourth-order valence-electron chi connectivity index (χ4n) is 2.73. The van der Waals surface area contributed by atoms with Gasteiger partial charge in [-0.2, -0.15) is 4.98 Å². The Bertz CT molecular complexity index is 1040. The van der Waals surface area contributed by atoms with Crippen LogP contribution in [0.5, 0.6) is 5.75 Å².